The second-order valence-corrected chi connectivity index (χ2v) is 6.43. The highest BCUT2D eigenvalue weighted by Crippen LogP contribution is 2.35. The first-order chi connectivity index (χ1) is 8.30. The fourth-order valence-electron chi connectivity index (χ4n) is 2.65. The summed E-state index contributed by atoms with van der Waals surface area (Å²) in [5, 5.41) is 0. The number of carbonyl (C=O) groups is 1. The van der Waals surface area contributed by atoms with Crippen LogP contribution in [-0.2, 0) is 9.47 Å². The molecule has 2 aliphatic heterocycles. The Kier molecular flexibility index (Phi) is 5.09. The van der Waals surface area contributed by atoms with Gasteiger partial charge in [0.25, 0.3) is 0 Å². The third-order valence-corrected chi connectivity index (χ3v) is 3.56. The summed E-state index contributed by atoms with van der Waals surface area (Å²) in [5.74, 6) is 0. The maximum absolute atomic E-state index is 11.9. The maximum atomic E-state index is 11.9. The van der Waals surface area contributed by atoms with Crippen molar-refractivity contribution in [3.8, 4) is 0 Å². The van der Waals surface area contributed by atoms with Crippen LogP contribution in [0.15, 0.2) is 0 Å². The number of hydrogen-bond acceptors (Lipinski definition) is 4. The van der Waals surface area contributed by atoms with Gasteiger partial charge >= 0.3 is 6.09 Å². The topological polar surface area (TPSA) is 64.8 Å². The third kappa shape index (κ3) is 4.23. The summed E-state index contributed by atoms with van der Waals surface area (Å²) in [6.07, 6.45) is 2.41. The van der Waals surface area contributed by atoms with E-state index in [4.69, 9.17) is 15.2 Å². The van der Waals surface area contributed by atoms with Crippen molar-refractivity contribution in [3.63, 3.8) is 0 Å². The number of piperidine rings is 1. The normalized spacial score (nSPS) is 26.1. The van der Waals surface area contributed by atoms with Crippen LogP contribution in [0.2, 0.25) is 0 Å². The van der Waals surface area contributed by atoms with Gasteiger partial charge in [0.2, 0.25) is 0 Å². The Morgan fingerprint density at radius 2 is 1.95 bits per heavy atom. The van der Waals surface area contributed by atoms with Crippen LogP contribution >= 0.6 is 12.4 Å². The van der Waals surface area contributed by atoms with Crippen LogP contribution in [0.4, 0.5) is 4.79 Å². The fourth-order valence-corrected chi connectivity index (χ4v) is 2.65. The molecule has 0 bridgehead atoms. The first kappa shape index (κ1) is 16.5. The minimum absolute atomic E-state index is 0. The van der Waals surface area contributed by atoms with E-state index in [-0.39, 0.29) is 30.1 Å². The highest BCUT2D eigenvalue weighted by molar-refractivity contribution is 5.85. The Hall–Kier alpha value is -0.520. The SMILES string of the molecule is CC(C)(C)OC(=O)N1CCC2(CC1)CC(N)CO2.Cl. The molecule has 2 N–H and O–H groups in total. The van der Waals surface area contributed by atoms with Crippen molar-refractivity contribution in [2.75, 3.05) is 19.7 Å². The molecule has 112 valence electrons. The summed E-state index contributed by atoms with van der Waals surface area (Å²) in [5.41, 5.74) is 5.37. The standard InChI is InChI=1S/C13H24N2O3.ClH/c1-12(2,3)18-11(16)15-6-4-13(5-7-15)8-10(14)9-17-13;/h10H,4-9,14H2,1-3H3;1H. The number of hydrogen-bond donors (Lipinski definition) is 1. The number of ether oxygens (including phenoxy) is 2. The molecular weight excluding hydrogens is 268 g/mol. The molecule has 6 heteroatoms. The van der Waals surface area contributed by atoms with Crippen molar-refractivity contribution in [2.45, 2.75) is 57.3 Å². The molecule has 1 spiro atoms. The molecule has 1 unspecified atom stereocenters. The number of halogens is 1. The molecule has 2 fully saturated rings. The number of likely N-dealkylation sites (tertiary alicyclic amines) is 1. The van der Waals surface area contributed by atoms with Gasteiger partial charge in [-0.25, -0.2) is 4.79 Å². The van der Waals surface area contributed by atoms with Crippen LogP contribution in [-0.4, -0.2) is 47.9 Å². The minimum atomic E-state index is -0.432. The number of amides is 1. The summed E-state index contributed by atoms with van der Waals surface area (Å²) in [4.78, 5) is 13.7. The maximum Gasteiger partial charge on any atom is 0.410 e. The Morgan fingerprint density at radius 3 is 2.37 bits per heavy atom. The summed E-state index contributed by atoms with van der Waals surface area (Å²) in [6, 6.07) is 0.151. The lowest BCUT2D eigenvalue weighted by atomic mass is 9.88. The molecule has 0 radical (unpaired) electrons. The monoisotopic (exact) mass is 292 g/mol. The van der Waals surface area contributed by atoms with E-state index in [2.05, 4.69) is 0 Å². The van der Waals surface area contributed by atoms with Crippen molar-refractivity contribution in [1.29, 1.82) is 0 Å². The highest BCUT2D eigenvalue weighted by Gasteiger charge is 2.42. The average Bonchev–Trinajstić information content (AvgIpc) is 2.58. The number of nitrogens with two attached hydrogens (primary N) is 1. The van der Waals surface area contributed by atoms with E-state index in [0.29, 0.717) is 19.7 Å². The Bertz CT molecular complexity index is 322. The minimum Gasteiger partial charge on any atom is -0.444 e. The van der Waals surface area contributed by atoms with Gasteiger partial charge < -0.3 is 20.1 Å². The quantitative estimate of drug-likeness (QED) is 0.741. The lowest BCUT2D eigenvalue weighted by molar-refractivity contribution is -0.0485. The number of carbonyl (C=O) groups excluding carboxylic acids is 1. The van der Waals surface area contributed by atoms with Gasteiger partial charge in [0, 0.05) is 19.1 Å². The van der Waals surface area contributed by atoms with E-state index in [1.165, 1.54) is 0 Å². The van der Waals surface area contributed by atoms with Gasteiger partial charge in [-0.05, 0) is 40.0 Å². The molecule has 2 heterocycles. The molecule has 0 aromatic heterocycles. The average molecular weight is 293 g/mol. The smallest absolute Gasteiger partial charge is 0.410 e. The molecular formula is C13H25ClN2O3. The molecule has 0 aromatic rings. The Labute approximate surface area is 121 Å². The van der Waals surface area contributed by atoms with Crippen LogP contribution in [0.5, 0.6) is 0 Å². The Morgan fingerprint density at radius 1 is 1.37 bits per heavy atom. The highest BCUT2D eigenvalue weighted by atomic mass is 35.5. The van der Waals surface area contributed by atoms with Gasteiger partial charge in [-0.3, -0.25) is 0 Å². The van der Waals surface area contributed by atoms with Crippen molar-refractivity contribution in [3.05, 3.63) is 0 Å². The van der Waals surface area contributed by atoms with E-state index < -0.39 is 5.60 Å². The zero-order valence-corrected chi connectivity index (χ0v) is 12.8. The second-order valence-electron chi connectivity index (χ2n) is 6.43. The van der Waals surface area contributed by atoms with Gasteiger partial charge in [-0.1, -0.05) is 0 Å². The van der Waals surface area contributed by atoms with E-state index >= 15 is 0 Å². The third-order valence-electron chi connectivity index (χ3n) is 3.56. The van der Waals surface area contributed by atoms with Crippen molar-refractivity contribution in [2.24, 2.45) is 5.73 Å². The molecule has 0 aromatic carbocycles. The lowest BCUT2D eigenvalue weighted by Crippen LogP contribution is -2.48. The van der Waals surface area contributed by atoms with Gasteiger partial charge in [0.05, 0.1) is 12.2 Å². The predicted octanol–water partition coefficient (Wildman–Crippen LogP) is 1.93. The molecule has 1 amide bonds. The zero-order valence-electron chi connectivity index (χ0n) is 12.0. The largest absolute Gasteiger partial charge is 0.444 e. The van der Waals surface area contributed by atoms with Crippen LogP contribution in [0.25, 0.3) is 0 Å². The molecule has 2 saturated heterocycles. The molecule has 19 heavy (non-hydrogen) atoms. The van der Waals surface area contributed by atoms with E-state index in [9.17, 15) is 4.79 Å². The summed E-state index contributed by atoms with van der Waals surface area (Å²) >= 11 is 0. The van der Waals surface area contributed by atoms with Gasteiger partial charge in [-0.15, -0.1) is 12.4 Å². The molecule has 0 aliphatic carbocycles. The molecule has 2 aliphatic rings. The van der Waals surface area contributed by atoms with Crippen molar-refractivity contribution < 1.29 is 14.3 Å². The summed E-state index contributed by atoms with van der Waals surface area (Å²) in [6.45, 7) is 7.69. The molecule has 1 atom stereocenters. The van der Waals surface area contributed by atoms with E-state index in [1.807, 2.05) is 20.8 Å². The van der Waals surface area contributed by atoms with Crippen LogP contribution < -0.4 is 5.73 Å². The van der Waals surface area contributed by atoms with Crippen LogP contribution in [0.1, 0.15) is 40.0 Å². The second kappa shape index (κ2) is 5.85. The van der Waals surface area contributed by atoms with Gasteiger partial charge in [0.1, 0.15) is 5.60 Å². The zero-order chi connectivity index (χ0) is 13.4. The molecule has 0 saturated carbocycles. The van der Waals surface area contributed by atoms with Crippen molar-refractivity contribution in [1.82, 2.24) is 4.90 Å². The molecule has 5 nitrogen and oxygen atoms in total. The van der Waals surface area contributed by atoms with Crippen LogP contribution in [0.3, 0.4) is 0 Å². The first-order valence-corrected chi connectivity index (χ1v) is 6.67. The van der Waals surface area contributed by atoms with Gasteiger partial charge in [-0.2, -0.15) is 0 Å². The van der Waals surface area contributed by atoms with Gasteiger partial charge in [0.15, 0.2) is 0 Å². The molecule has 2 rings (SSSR count). The Balaban J connectivity index is 0.00000180. The van der Waals surface area contributed by atoms with Crippen molar-refractivity contribution >= 4 is 18.5 Å². The number of rotatable bonds is 0. The fraction of sp³-hybridized carbons (Fsp3) is 0.923. The predicted molar refractivity (Wildman–Crippen MR) is 75.6 cm³/mol. The van der Waals surface area contributed by atoms with E-state index in [1.54, 1.807) is 4.90 Å². The summed E-state index contributed by atoms with van der Waals surface area (Å²) < 4.78 is 11.2. The lowest BCUT2D eigenvalue weighted by Gasteiger charge is -2.38. The van der Waals surface area contributed by atoms with Crippen LogP contribution in [0, 0.1) is 0 Å². The summed E-state index contributed by atoms with van der Waals surface area (Å²) in [7, 11) is 0. The first-order valence-electron chi connectivity index (χ1n) is 6.67. The van der Waals surface area contributed by atoms with E-state index in [0.717, 1.165) is 19.3 Å². The number of nitrogens with zero attached hydrogens (tertiary/aromatic N) is 1.